The van der Waals surface area contributed by atoms with E-state index in [2.05, 4.69) is 4.98 Å². The summed E-state index contributed by atoms with van der Waals surface area (Å²) in [7, 11) is 3.80. The van der Waals surface area contributed by atoms with E-state index in [9.17, 15) is 4.79 Å². The molecule has 3 heteroatoms. The van der Waals surface area contributed by atoms with Crippen LogP contribution < -0.4 is 4.90 Å². The second kappa shape index (κ2) is 4.78. The molecule has 0 aliphatic heterocycles. The zero-order chi connectivity index (χ0) is 12.3. The first kappa shape index (κ1) is 11.3. The molecule has 0 saturated carbocycles. The summed E-state index contributed by atoms with van der Waals surface area (Å²) < 4.78 is 0. The quantitative estimate of drug-likeness (QED) is 0.753. The molecule has 0 fully saturated rings. The summed E-state index contributed by atoms with van der Waals surface area (Å²) in [6, 6.07) is 12.8. The third kappa shape index (κ3) is 2.50. The first-order valence-electron chi connectivity index (χ1n) is 5.41. The lowest BCUT2D eigenvalue weighted by molar-refractivity contribution is 0.103. The van der Waals surface area contributed by atoms with Crippen molar-refractivity contribution in [1.82, 2.24) is 4.98 Å². The van der Waals surface area contributed by atoms with Crippen LogP contribution in [0.2, 0.25) is 0 Å². The van der Waals surface area contributed by atoms with Crippen molar-refractivity contribution < 1.29 is 4.79 Å². The number of anilines is 1. The molecular weight excluding hydrogens is 212 g/mol. The Bertz CT molecular complexity index is 521. The molecule has 2 rings (SSSR count). The third-order valence-electron chi connectivity index (χ3n) is 2.50. The van der Waals surface area contributed by atoms with E-state index in [0.29, 0.717) is 11.1 Å². The molecule has 0 aliphatic rings. The average Bonchev–Trinajstić information content (AvgIpc) is 2.39. The second-order valence-corrected chi connectivity index (χ2v) is 3.99. The maximum absolute atomic E-state index is 12.2. The lowest BCUT2D eigenvalue weighted by atomic mass is 10.0. The van der Waals surface area contributed by atoms with Gasteiger partial charge in [-0.15, -0.1) is 0 Å². The highest BCUT2D eigenvalue weighted by molar-refractivity contribution is 6.09. The zero-order valence-electron chi connectivity index (χ0n) is 9.92. The molecule has 1 aromatic carbocycles. The molecule has 0 saturated heterocycles. The number of rotatable bonds is 3. The summed E-state index contributed by atoms with van der Waals surface area (Å²) in [6.07, 6.45) is 1.66. The first-order chi connectivity index (χ1) is 8.18. The number of pyridine rings is 1. The summed E-state index contributed by atoms with van der Waals surface area (Å²) in [5, 5.41) is 0. The fourth-order valence-electron chi connectivity index (χ4n) is 1.56. The zero-order valence-corrected chi connectivity index (χ0v) is 9.92. The molecule has 1 heterocycles. The Balaban J connectivity index is 2.35. The predicted octanol–water partition coefficient (Wildman–Crippen LogP) is 2.38. The van der Waals surface area contributed by atoms with Crippen molar-refractivity contribution in [2.24, 2.45) is 0 Å². The number of hydrogen-bond donors (Lipinski definition) is 0. The second-order valence-electron chi connectivity index (χ2n) is 3.99. The van der Waals surface area contributed by atoms with Crippen LogP contribution in [0.4, 0.5) is 5.82 Å². The van der Waals surface area contributed by atoms with Gasteiger partial charge < -0.3 is 4.90 Å². The van der Waals surface area contributed by atoms with Gasteiger partial charge in [0.1, 0.15) is 5.82 Å². The molecule has 2 aromatic rings. The van der Waals surface area contributed by atoms with Gasteiger partial charge in [-0.1, -0.05) is 30.3 Å². The van der Waals surface area contributed by atoms with Crippen LogP contribution in [0.15, 0.2) is 48.7 Å². The fraction of sp³-hybridized carbons (Fsp3) is 0.143. The van der Waals surface area contributed by atoms with Gasteiger partial charge in [0.2, 0.25) is 0 Å². The molecule has 0 radical (unpaired) electrons. The summed E-state index contributed by atoms with van der Waals surface area (Å²) in [4.78, 5) is 18.2. The molecule has 0 unspecified atom stereocenters. The number of aromatic nitrogens is 1. The van der Waals surface area contributed by atoms with E-state index >= 15 is 0 Å². The summed E-state index contributed by atoms with van der Waals surface area (Å²) in [6.45, 7) is 0. The minimum Gasteiger partial charge on any atom is -0.363 e. The normalized spacial score (nSPS) is 10.0. The van der Waals surface area contributed by atoms with Crippen LogP contribution >= 0.6 is 0 Å². The first-order valence-corrected chi connectivity index (χ1v) is 5.41. The van der Waals surface area contributed by atoms with E-state index in [1.165, 1.54) is 0 Å². The number of benzene rings is 1. The van der Waals surface area contributed by atoms with Crippen LogP contribution in [0, 0.1) is 0 Å². The van der Waals surface area contributed by atoms with Crippen LogP contribution in [-0.4, -0.2) is 24.9 Å². The molecule has 0 spiro atoms. The molecule has 0 atom stereocenters. The van der Waals surface area contributed by atoms with Crippen LogP contribution in [-0.2, 0) is 0 Å². The lowest BCUT2D eigenvalue weighted by Gasteiger charge is -2.11. The largest absolute Gasteiger partial charge is 0.363 e. The average molecular weight is 226 g/mol. The highest BCUT2D eigenvalue weighted by Crippen LogP contribution is 2.13. The highest BCUT2D eigenvalue weighted by atomic mass is 16.1. The SMILES string of the molecule is CN(C)c1cc(C(=O)c2ccccc2)ccn1. The van der Waals surface area contributed by atoms with Crippen molar-refractivity contribution in [1.29, 1.82) is 0 Å². The summed E-state index contributed by atoms with van der Waals surface area (Å²) in [5.74, 6) is 0.808. The summed E-state index contributed by atoms with van der Waals surface area (Å²) in [5.41, 5.74) is 1.36. The van der Waals surface area contributed by atoms with Gasteiger partial charge in [-0.3, -0.25) is 4.79 Å². The third-order valence-corrected chi connectivity index (χ3v) is 2.50. The number of nitrogens with zero attached hydrogens (tertiary/aromatic N) is 2. The monoisotopic (exact) mass is 226 g/mol. The number of carbonyl (C=O) groups excluding carboxylic acids is 1. The van der Waals surface area contributed by atoms with E-state index < -0.39 is 0 Å². The van der Waals surface area contributed by atoms with Gasteiger partial charge in [0.05, 0.1) is 0 Å². The molecule has 0 N–H and O–H groups in total. The van der Waals surface area contributed by atoms with Gasteiger partial charge in [0.25, 0.3) is 0 Å². The maximum atomic E-state index is 12.2. The lowest BCUT2D eigenvalue weighted by Crippen LogP contribution is -2.12. The molecule has 86 valence electrons. The van der Waals surface area contributed by atoms with Crippen molar-refractivity contribution in [2.75, 3.05) is 19.0 Å². The Hall–Kier alpha value is -2.16. The van der Waals surface area contributed by atoms with E-state index in [0.717, 1.165) is 5.82 Å². The minimum absolute atomic E-state index is 0.0242. The summed E-state index contributed by atoms with van der Waals surface area (Å²) >= 11 is 0. The van der Waals surface area contributed by atoms with Crippen LogP contribution in [0.5, 0.6) is 0 Å². The van der Waals surface area contributed by atoms with Crippen LogP contribution in [0.1, 0.15) is 15.9 Å². The van der Waals surface area contributed by atoms with Crippen molar-refractivity contribution in [3.05, 3.63) is 59.8 Å². The van der Waals surface area contributed by atoms with Gasteiger partial charge in [-0.05, 0) is 12.1 Å². The standard InChI is InChI=1S/C14H14N2O/c1-16(2)13-10-12(8-9-15-13)14(17)11-6-4-3-5-7-11/h3-10H,1-2H3. The minimum atomic E-state index is 0.0242. The fourth-order valence-corrected chi connectivity index (χ4v) is 1.56. The van der Waals surface area contributed by atoms with Crippen molar-refractivity contribution in [3.63, 3.8) is 0 Å². The van der Waals surface area contributed by atoms with Gasteiger partial charge in [-0.25, -0.2) is 4.98 Å². The molecule has 0 amide bonds. The molecule has 0 bridgehead atoms. The van der Waals surface area contributed by atoms with Crippen molar-refractivity contribution >= 4 is 11.6 Å². The van der Waals surface area contributed by atoms with E-state index in [4.69, 9.17) is 0 Å². The topological polar surface area (TPSA) is 33.2 Å². The Morgan fingerprint density at radius 3 is 2.41 bits per heavy atom. The number of hydrogen-bond acceptors (Lipinski definition) is 3. The van der Waals surface area contributed by atoms with Crippen LogP contribution in [0.3, 0.4) is 0 Å². The van der Waals surface area contributed by atoms with E-state index in [1.807, 2.05) is 49.3 Å². The Labute approximate surface area is 101 Å². The van der Waals surface area contributed by atoms with Crippen LogP contribution in [0.25, 0.3) is 0 Å². The van der Waals surface area contributed by atoms with E-state index in [1.54, 1.807) is 18.3 Å². The van der Waals surface area contributed by atoms with Crippen molar-refractivity contribution in [3.8, 4) is 0 Å². The molecule has 0 aliphatic carbocycles. The molecular formula is C14H14N2O. The Morgan fingerprint density at radius 1 is 1.06 bits per heavy atom. The predicted molar refractivity (Wildman–Crippen MR) is 68.4 cm³/mol. The van der Waals surface area contributed by atoms with Gasteiger partial charge in [0, 0.05) is 31.4 Å². The Morgan fingerprint density at radius 2 is 1.76 bits per heavy atom. The van der Waals surface area contributed by atoms with Gasteiger partial charge >= 0.3 is 0 Å². The highest BCUT2D eigenvalue weighted by Gasteiger charge is 2.09. The van der Waals surface area contributed by atoms with Gasteiger partial charge in [0.15, 0.2) is 5.78 Å². The molecule has 1 aromatic heterocycles. The maximum Gasteiger partial charge on any atom is 0.193 e. The smallest absolute Gasteiger partial charge is 0.193 e. The number of ketones is 1. The van der Waals surface area contributed by atoms with Gasteiger partial charge in [-0.2, -0.15) is 0 Å². The molecule has 17 heavy (non-hydrogen) atoms. The number of carbonyl (C=O) groups is 1. The van der Waals surface area contributed by atoms with E-state index in [-0.39, 0.29) is 5.78 Å². The Kier molecular flexibility index (Phi) is 3.19. The van der Waals surface area contributed by atoms with Crippen molar-refractivity contribution in [2.45, 2.75) is 0 Å². The molecule has 3 nitrogen and oxygen atoms in total.